The minimum Gasteiger partial charge on any atom is -0.481 e. The van der Waals surface area contributed by atoms with Crippen LogP contribution in [0.3, 0.4) is 0 Å². The Morgan fingerprint density at radius 3 is 2.91 bits per heavy atom. The molecule has 2 N–H and O–H groups in total. The van der Waals surface area contributed by atoms with Crippen LogP contribution in [0.25, 0.3) is 0 Å². The van der Waals surface area contributed by atoms with Crippen LogP contribution in [0.15, 0.2) is 23.7 Å². The van der Waals surface area contributed by atoms with Crippen LogP contribution in [0.1, 0.15) is 28.7 Å². The molecule has 0 fully saturated rings. The maximum Gasteiger partial charge on any atom is 0.305 e. The van der Waals surface area contributed by atoms with Crippen molar-refractivity contribution in [3.8, 4) is 0 Å². The summed E-state index contributed by atoms with van der Waals surface area (Å²) in [6, 6.07) is 3.90. The summed E-state index contributed by atoms with van der Waals surface area (Å²) in [4.78, 5) is 24.3. The van der Waals surface area contributed by atoms with Crippen molar-refractivity contribution in [3.05, 3.63) is 34.3 Å². The molecule has 1 unspecified atom stereocenters. The summed E-state index contributed by atoms with van der Waals surface area (Å²) in [6.45, 7) is 2.22. The van der Waals surface area contributed by atoms with Crippen LogP contribution in [0.5, 0.6) is 0 Å². The zero-order chi connectivity index (χ0) is 16.9. The summed E-state index contributed by atoms with van der Waals surface area (Å²) in [5.74, 6) is -1.51. The van der Waals surface area contributed by atoms with Crippen LogP contribution in [0.4, 0.5) is 0 Å². The molecule has 8 nitrogen and oxygen atoms in total. The molecular weight excluding hydrogens is 320 g/mol. The number of carboxylic acid groups (broad SMARTS) is 1. The van der Waals surface area contributed by atoms with Gasteiger partial charge in [-0.25, -0.2) is 4.68 Å². The minimum absolute atomic E-state index is 0.0778. The molecule has 0 aliphatic carbocycles. The number of carboxylic acids is 1. The van der Waals surface area contributed by atoms with Crippen molar-refractivity contribution >= 4 is 23.2 Å². The number of carbonyl (C=O) groups excluding carboxylic acids is 1. The maximum atomic E-state index is 12.3. The Hall–Kier alpha value is -2.26. The van der Waals surface area contributed by atoms with E-state index in [1.807, 2.05) is 17.5 Å². The van der Waals surface area contributed by atoms with Crippen LogP contribution in [-0.2, 0) is 16.1 Å². The third-order valence-corrected chi connectivity index (χ3v) is 3.95. The highest BCUT2D eigenvalue weighted by Crippen LogP contribution is 2.13. The second-order valence-electron chi connectivity index (χ2n) is 5.40. The lowest BCUT2D eigenvalue weighted by atomic mass is 9.99. The van der Waals surface area contributed by atoms with Gasteiger partial charge in [-0.15, -0.1) is 16.4 Å². The summed E-state index contributed by atoms with van der Waals surface area (Å²) in [5, 5.41) is 21.3. The van der Waals surface area contributed by atoms with Crippen LogP contribution >= 0.6 is 11.3 Å². The molecule has 0 radical (unpaired) electrons. The van der Waals surface area contributed by atoms with Crippen LogP contribution < -0.4 is 5.32 Å². The minimum atomic E-state index is -1.02. The molecule has 2 aromatic heterocycles. The lowest BCUT2D eigenvalue weighted by Gasteiger charge is -2.27. The molecule has 23 heavy (non-hydrogen) atoms. The molecule has 2 aromatic rings. The molecule has 0 saturated heterocycles. The highest BCUT2D eigenvalue weighted by molar-refractivity contribution is 7.09. The van der Waals surface area contributed by atoms with E-state index in [0.717, 1.165) is 4.88 Å². The molecule has 2 heterocycles. The Morgan fingerprint density at radius 1 is 1.52 bits per heavy atom. The highest BCUT2D eigenvalue weighted by atomic mass is 32.1. The molecule has 0 aromatic carbocycles. The molecule has 0 saturated carbocycles. The van der Waals surface area contributed by atoms with Gasteiger partial charge in [0, 0.05) is 12.0 Å². The fourth-order valence-corrected chi connectivity index (χ4v) is 2.86. The van der Waals surface area contributed by atoms with E-state index in [1.54, 1.807) is 22.9 Å². The monoisotopic (exact) mass is 338 g/mol. The largest absolute Gasteiger partial charge is 0.481 e. The summed E-state index contributed by atoms with van der Waals surface area (Å²) < 4.78 is 6.56. The Balaban J connectivity index is 2.04. The highest BCUT2D eigenvalue weighted by Gasteiger charge is 2.30. The Labute approximate surface area is 137 Å². The van der Waals surface area contributed by atoms with Gasteiger partial charge < -0.3 is 15.2 Å². The first-order valence-electron chi connectivity index (χ1n) is 6.87. The number of hydrogen-bond donors (Lipinski definition) is 2. The predicted octanol–water partition coefficient (Wildman–Crippen LogP) is 0.998. The molecule has 1 amide bonds. The standard InChI is InChI=1S/C14H18N4O4S/c1-14(9-22-2,6-12(19)20)15-13(21)11-8-18(17-16-11)7-10-4-3-5-23-10/h3-5,8H,6-7,9H2,1-2H3,(H,15,21)(H,19,20). The second-order valence-corrected chi connectivity index (χ2v) is 6.43. The van der Waals surface area contributed by atoms with E-state index in [9.17, 15) is 9.59 Å². The molecule has 2 rings (SSSR count). The number of nitrogens with one attached hydrogen (secondary N) is 1. The lowest BCUT2D eigenvalue weighted by molar-refractivity contribution is -0.139. The van der Waals surface area contributed by atoms with Gasteiger partial charge in [-0.05, 0) is 18.4 Å². The Bertz CT molecular complexity index is 670. The van der Waals surface area contributed by atoms with Crippen molar-refractivity contribution < 1.29 is 19.4 Å². The van der Waals surface area contributed by atoms with Crippen molar-refractivity contribution in [2.45, 2.75) is 25.4 Å². The van der Waals surface area contributed by atoms with Crippen molar-refractivity contribution in [2.75, 3.05) is 13.7 Å². The smallest absolute Gasteiger partial charge is 0.305 e. The van der Waals surface area contributed by atoms with Gasteiger partial charge in [0.25, 0.3) is 5.91 Å². The first-order valence-corrected chi connectivity index (χ1v) is 7.75. The third-order valence-electron chi connectivity index (χ3n) is 3.09. The third kappa shape index (κ3) is 4.86. The number of hydrogen-bond acceptors (Lipinski definition) is 6. The van der Waals surface area contributed by atoms with Gasteiger partial charge in [-0.3, -0.25) is 9.59 Å². The van der Waals surface area contributed by atoms with E-state index >= 15 is 0 Å². The maximum absolute atomic E-state index is 12.3. The van der Waals surface area contributed by atoms with E-state index in [1.165, 1.54) is 13.3 Å². The van der Waals surface area contributed by atoms with Crippen molar-refractivity contribution in [2.24, 2.45) is 0 Å². The van der Waals surface area contributed by atoms with Crippen molar-refractivity contribution in [1.29, 1.82) is 0 Å². The van der Waals surface area contributed by atoms with Gasteiger partial charge in [0.15, 0.2) is 5.69 Å². The number of nitrogens with zero attached hydrogens (tertiary/aromatic N) is 3. The molecule has 0 aliphatic heterocycles. The number of carbonyl (C=O) groups is 2. The Morgan fingerprint density at radius 2 is 2.30 bits per heavy atom. The zero-order valence-electron chi connectivity index (χ0n) is 12.9. The van der Waals surface area contributed by atoms with Crippen molar-refractivity contribution in [3.63, 3.8) is 0 Å². The average molecular weight is 338 g/mol. The average Bonchev–Trinajstić information content (AvgIpc) is 3.09. The number of ether oxygens (including phenoxy) is 1. The number of thiophene rings is 1. The number of methoxy groups -OCH3 is 1. The lowest BCUT2D eigenvalue weighted by Crippen LogP contribution is -2.50. The second kappa shape index (κ2) is 7.34. The zero-order valence-corrected chi connectivity index (χ0v) is 13.7. The number of aromatic nitrogens is 3. The fraction of sp³-hybridized carbons (Fsp3) is 0.429. The Kier molecular flexibility index (Phi) is 5.45. The van der Waals surface area contributed by atoms with E-state index in [-0.39, 0.29) is 18.7 Å². The normalized spacial score (nSPS) is 13.5. The summed E-state index contributed by atoms with van der Waals surface area (Å²) in [5.41, 5.74) is -0.885. The van der Waals surface area contributed by atoms with E-state index < -0.39 is 17.4 Å². The van der Waals surface area contributed by atoms with E-state index in [4.69, 9.17) is 9.84 Å². The van der Waals surface area contributed by atoms with Gasteiger partial charge in [0.1, 0.15) is 0 Å². The summed E-state index contributed by atoms with van der Waals surface area (Å²) >= 11 is 1.59. The van der Waals surface area contributed by atoms with Gasteiger partial charge in [-0.2, -0.15) is 0 Å². The number of aliphatic carboxylic acids is 1. The van der Waals surface area contributed by atoms with Gasteiger partial charge in [0.2, 0.25) is 0 Å². The van der Waals surface area contributed by atoms with Gasteiger partial charge in [-0.1, -0.05) is 11.3 Å². The van der Waals surface area contributed by atoms with Crippen LogP contribution in [-0.4, -0.2) is 51.2 Å². The van der Waals surface area contributed by atoms with Gasteiger partial charge >= 0.3 is 5.97 Å². The molecule has 9 heteroatoms. The predicted molar refractivity (Wildman–Crippen MR) is 83.4 cm³/mol. The molecule has 0 aliphatic rings. The summed E-state index contributed by atoms with van der Waals surface area (Å²) in [7, 11) is 1.45. The van der Waals surface area contributed by atoms with Crippen LogP contribution in [0.2, 0.25) is 0 Å². The molecule has 124 valence electrons. The first-order chi connectivity index (χ1) is 10.9. The first kappa shape index (κ1) is 17.1. The number of rotatable bonds is 8. The van der Waals surface area contributed by atoms with E-state index in [2.05, 4.69) is 15.6 Å². The molecular formula is C14H18N4O4S. The fourth-order valence-electron chi connectivity index (χ4n) is 2.16. The quantitative estimate of drug-likeness (QED) is 0.744. The number of amides is 1. The van der Waals surface area contributed by atoms with Crippen LogP contribution in [0, 0.1) is 0 Å². The van der Waals surface area contributed by atoms with Gasteiger partial charge in [0.05, 0.1) is 31.3 Å². The topological polar surface area (TPSA) is 106 Å². The molecule has 0 spiro atoms. The van der Waals surface area contributed by atoms with E-state index in [0.29, 0.717) is 6.54 Å². The van der Waals surface area contributed by atoms with Crippen molar-refractivity contribution in [1.82, 2.24) is 20.3 Å². The molecule has 1 atom stereocenters. The molecule has 0 bridgehead atoms. The SMILES string of the molecule is COCC(C)(CC(=O)O)NC(=O)c1cn(Cc2cccs2)nn1. The summed E-state index contributed by atoms with van der Waals surface area (Å²) in [6.07, 6.45) is 1.28.